The molecule has 0 aromatic carbocycles. The van der Waals surface area contributed by atoms with Crippen LogP contribution in [0.5, 0.6) is 0 Å². The fourth-order valence-electron chi connectivity index (χ4n) is 3.22. The van der Waals surface area contributed by atoms with E-state index in [2.05, 4.69) is 0 Å². The van der Waals surface area contributed by atoms with E-state index in [4.69, 9.17) is 4.74 Å². The number of piperidine rings is 1. The minimum atomic E-state index is -3.02. The molecule has 1 saturated heterocycles. The summed E-state index contributed by atoms with van der Waals surface area (Å²) in [5.41, 5.74) is 0. The van der Waals surface area contributed by atoms with Crippen molar-refractivity contribution in [3.63, 3.8) is 0 Å². The molecule has 1 saturated carbocycles. The molecule has 5 heteroatoms. The predicted octanol–water partition coefficient (Wildman–Crippen LogP) is 2.25. The SMILES string of the molecule is CCOCC1CCN(S(=O)(=O)CC2CCCC2)CC1. The van der Waals surface area contributed by atoms with Crippen molar-refractivity contribution in [1.29, 1.82) is 0 Å². The Kier molecular flexibility index (Phi) is 5.66. The average Bonchev–Trinajstić information content (AvgIpc) is 2.89. The summed E-state index contributed by atoms with van der Waals surface area (Å²) in [6.07, 6.45) is 6.50. The van der Waals surface area contributed by atoms with Crippen LogP contribution >= 0.6 is 0 Å². The molecular weight excluding hydrogens is 262 g/mol. The molecule has 2 fully saturated rings. The highest BCUT2D eigenvalue weighted by Crippen LogP contribution is 2.28. The van der Waals surface area contributed by atoms with E-state index in [0.29, 0.717) is 30.7 Å². The van der Waals surface area contributed by atoms with Crippen LogP contribution in [0.2, 0.25) is 0 Å². The molecule has 2 rings (SSSR count). The first-order valence-corrected chi connectivity index (χ1v) is 9.28. The van der Waals surface area contributed by atoms with Crippen molar-refractivity contribution in [2.75, 3.05) is 32.1 Å². The second-order valence-electron chi connectivity index (χ2n) is 5.93. The van der Waals surface area contributed by atoms with Gasteiger partial charge in [0.2, 0.25) is 10.0 Å². The minimum absolute atomic E-state index is 0.378. The van der Waals surface area contributed by atoms with Crippen LogP contribution in [0.3, 0.4) is 0 Å². The van der Waals surface area contributed by atoms with Gasteiger partial charge in [-0.3, -0.25) is 0 Å². The molecule has 0 bridgehead atoms. The third kappa shape index (κ3) is 4.43. The van der Waals surface area contributed by atoms with Gasteiger partial charge < -0.3 is 4.74 Å². The molecule has 0 aromatic heterocycles. The first kappa shape index (κ1) is 15.3. The number of ether oxygens (including phenoxy) is 1. The van der Waals surface area contributed by atoms with E-state index in [1.807, 2.05) is 6.92 Å². The van der Waals surface area contributed by atoms with E-state index in [1.54, 1.807) is 4.31 Å². The molecule has 2 aliphatic rings. The summed E-state index contributed by atoms with van der Waals surface area (Å²) in [6.45, 7) is 4.91. The molecule has 0 N–H and O–H groups in total. The first-order valence-electron chi connectivity index (χ1n) is 7.67. The molecule has 1 heterocycles. The van der Waals surface area contributed by atoms with E-state index >= 15 is 0 Å². The Hall–Kier alpha value is -0.130. The fraction of sp³-hybridized carbons (Fsp3) is 1.00. The molecule has 0 aromatic rings. The Labute approximate surface area is 117 Å². The Balaban J connectivity index is 1.79. The quantitative estimate of drug-likeness (QED) is 0.753. The van der Waals surface area contributed by atoms with Crippen LogP contribution in [-0.2, 0) is 14.8 Å². The summed E-state index contributed by atoms with van der Waals surface area (Å²) < 4.78 is 31.9. The highest BCUT2D eigenvalue weighted by Gasteiger charge is 2.31. The molecule has 19 heavy (non-hydrogen) atoms. The summed E-state index contributed by atoms with van der Waals surface area (Å²) in [4.78, 5) is 0. The fourth-order valence-corrected chi connectivity index (χ4v) is 5.13. The smallest absolute Gasteiger partial charge is 0.214 e. The predicted molar refractivity (Wildman–Crippen MR) is 76.5 cm³/mol. The van der Waals surface area contributed by atoms with Gasteiger partial charge in [-0.15, -0.1) is 0 Å². The molecule has 0 unspecified atom stereocenters. The first-order chi connectivity index (χ1) is 9.12. The topological polar surface area (TPSA) is 46.6 Å². The largest absolute Gasteiger partial charge is 0.381 e. The van der Waals surface area contributed by atoms with Gasteiger partial charge in [0, 0.05) is 26.3 Å². The minimum Gasteiger partial charge on any atom is -0.381 e. The van der Waals surface area contributed by atoms with Crippen LogP contribution in [0, 0.1) is 11.8 Å². The van der Waals surface area contributed by atoms with Crippen molar-refractivity contribution in [2.24, 2.45) is 11.8 Å². The van der Waals surface area contributed by atoms with E-state index in [1.165, 1.54) is 12.8 Å². The van der Waals surface area contributed by atoms with Crippen molar-refractivity contribution >= 4 is 10.0 Å². The average molecular weight is 289 g/mol. The molecular formula is C14H27NO3S. The van der Waals surface area contributed by atoms with Gasteiger partial charge in [0.25, 0.3) is 0 Å². The lowest BCUT2D eigenvalue weighted by molar-refractivity contribution is 0.0883. The number of hydrogen-bond donors (Lipinski definition) is 0. The third-order valence-corrected chi connectivity index (χ3v) is 6.49. The molecule has 112 valence electrons. The zero-order valence-electron chi connectivity index (χ0n) is 12.0. The lowest BCUT2D eigenvalue weighted by Gasteiger charge is -2.31. The van der Waals surface area contributed by atoms with Gasteiger partial charge in [-0.2, -0.15) is 0 Å². The molecule has 1 aliphatic heterocycles. The zero-order chi connectivity index (χ0) is 13.7. The van der Waals surface area contributed by atoms with Crippen molar-refractivity contribution in [3.8, 4) is 0 Å². The summed E-state index contributed by atoms with van der Waals surface area (Å²) in [7, 11) is -3.02. The molecule has 4 nitrogen and oxygen atoms in total. The Bertz CT molecular complexity index is 355. The van der Waals surface area contributed by atoms with Crippen LogP contribution in [0.4, 0.5) is 0 Å². The van der Waals surface area contributed by atoms with Crippen LogP contribution < -0.4 is 0 Å². The van der Waals surface area contributed by atoms with Gasteiger partial charge in [-0.25, -0.2) is 12.7 Å². The van der Waals surface area contributed by atoms with E-state index in [9.17, 15) is 8.42 Å². The summed E-state index contributed by atoms with van der Waals surface area (Å²) >= 11 is 0. The maximum absolute atomic E-state index is 12.4. The Morgan fingerprint density at radius 1 is 1.05 bits per heavy atom. The second kappa shape index (κ2) is 7.04. The normalized spacial score (nSPS) is 24.1. The standard InChI is InChI=1S/C14H27NO3S/c1-2-18-11-13-7-9-15(10-8-13)19(16,17)12-14-5-3-4-6-14/h13-14H,2-12H2,1H3. The van der Waals surface area contributed by atoms with Crippen LogP contribution in [0.15, 0.2) is 0 Å². The van der Waals surface area contributed by atoms with Gasteiger partial charge in [0.1, 0.15) is 0 Å². The van der Waals surface area contributed by atoms with Crippen molar-refractivity contribution < 1.29 is 13.2 Å². The van der Waals surface area contributed by atoms with Gasteiger partial charge in [-0.05, 0) is 44.4 Å². The van der Waals surface area contributed by atoms with E-state index in [0.717, 1.165) is 38.9 Å². The summed E-state index contributed by atoms with van der Waals surface area (Å²) in [6, 6.07) is 0. The monoisotopic (exact) mass is 289 g/mol. The van der Waals surface area contributed by atoms with Crippen LogP contribution in [-0.4, -0.2) is 44.8 Å². The second-order valence-corrected chi connectivity index (χ2v) is 7.94. The highest BCUT2D eigenvalue weighted by molar-refractivity contribution is 7.89. The summed E-state index contributed by atoms with van der Waals surface area (Å²) in [5, 5.41) is 0. The lowest BCUT2D eigenvalue weighted by atomic mass is 9.99. The maximum Gasteiger partial charge on any atom is 0.214 e. The number of hydrogen-bond acceptors (Lipinski definition) is 3. The Morgan fingerprint density at radius 2 is 1.68 bits per heavy atom. The van der Waals surface area contributed by atoms with Gasteiger partial charge >= 0.3 is 0 Å². The Morgan fingerprint density at radius 3 is 2.26 bits per heavy atom. The van der Waals surface area contributed by atoms with Gasteiger partial charge in [0.05, 0.1) is 5.75 Å². The molecule has 0 atom stereocenters. The molecule has 1 aliphatic carbocycles. The van der Waals surface area contributed by atoms with E-state index < -0.39 is 10.0 Å². The van der Waals surface area contributed by atoms with Crippen LogP contribution in [0.25, 0.3) is 0 Å². The lowest BCUT2D eigenvalue weighted by Crippen LogP contribution is -2.41. The van der Waals surface area contributed by atoms with Crippen molar-refractivity contribution in [2.45, 2.75) is 45.4 Å². The number of nitrogens with zero attached hydrogens (tertiary/aromatic N) is 1. The number of sulfonamides is 1. The zero-order valence-corrected chi connectivity index (χ0v) is 12.8. The van der Waals surface area contributed by atoms with E-state index in [-0.39, 0.29) is 0 Å². The maximum atomic E-state index is 12.4. The van der Waals surface area contributed by atoms with Gasteiger partial charge in [-0.1, -0.05) is 12.8 Å². The van der Waals surface area contributed by atoms with Crippen molar-refractivity contribution in [1.82, 2.24) is 4.31 Å². The number of rotatable bonds is 6. The van der Waals surface area contributed by atoms with Gasteiger partial charge in [0.15, 0.2) is 0 Å². The summed E-state index contributed by atoms with van der Waals surface area (Å²) in [5.74, 6) is 1.33. The molecule has 0 amide bonds. The highest BCUT2D eigenvalue weighted by atomic mass is 32.2. The third-order valence-electron chi connectivity index (χ3n) is 4.45. The van der Waals surface area contributed by atoms with Crippen molar-refractivity contribution in [3.05, 3.63) is 0 Å². The van der Waals surface area contributed by atoms with Crippen LogP contribution in [0.1, 0.15) is 45.4 Å². The molecule has 0 radical (unpaired) electrons. The molecule has 0 spiro atoms.